The zero-order valence-electron chi connectivity index (χ0n) is 17.6. The van der Waals surface area contributed by atoms with Gasteiger partial charge < -0.3 is 14.4 Å². The number of aromatic nitrogens is 1. The van der Waals surface area contributed by atoms with Gasteiger partial charge >= 0.3 is 11.9 Å². The van der Waals surface area contributed by atoms with Crippen LogP contribution in [0.2, 0.25) is 0 Å². The second-order valence-corrected chi connectivity index (χ2v) is 7.64. The molecular formula is C22H19F4N3O4. The predicted octanol–water partition coefficient (Wildman–Crippen LogP) is 5.31. The number of hydrogen-bond donors (Lipinski definition) is 0. The lowest BCUT2D eigenvalue weighted by atomic mass is 9.96. The summed E-state index contributed by atoms with van der Waals surface area (Å²) in [5, 5.41) is 12.2. The van der Waals surface area contributed by atoms with E-state index in [1.807, 2.05) is 0 Å². The number of nitro groups is 1. The maximum atomic E-state index is 14.5. The summed E-state index contributed by atoms with van der Waals surface area (Å²) in [5.74, 6) is -0.617. The highest BCUT2D eigenvalue weighted by molar-refractivity contribution is 5.98. The van der Waals surface area contributed by atoms with Gasteiger partial charge in [0.25, 0.3) is 0 Å². The smallest absolute Gasteiger partial charge is 0.416 e. The lowest BCUT2D eigenvalue weighted by molar-refractivity contribution is -0.384. The number of ether oxygens (including phenoxy) is 2. The minimum Gasteiger partial charge on any atom is -0.493 e. The number of halogens is 4. The van der Waals surface area contributed by atoms with Gasteiger partial charge in [-0.2, -0.15) is 13.2 Å². The van der Waals surface area contributed by atoms with Gasteiger partial charge in [-0.25, -0.2) is 9.37 Å². The Labute approximate surface area is 185 Å². The van der Waals surface area contributed by atoms with Crippen LogP contribution in [-0.2, 0) is 6.18 Å². The summed E-state index contributed by atoms with van der Waals surface area (Å²) in [6.45, 7) is 0.538. The Hall–Kier alpha value is -3.63. The summed E-state index contributed by atoms with van der Waals surface area (Å²) in [6.07, 6.45) is -3.08. The Morgan fingerprint density at radius 1 is 1.15 bits per heavy atom. The molecule has 7 nitrogen and oxygen atoms in total. The van der Waals surface area contributed by atoms with Gasteiger partial charge in [0.2, 0.25) is 0 Å². The molecule has 0 spiro atoms. The van der Waals surface area contributed by atoms with Gasteiger partial charge in [0.15, 0.2) is 11.5 Å². The number of alkyl halides is 3. The molecule has 4 rings (SSSR count). The molecule has 2 heterocycles. The summed E-state index contributed by atoms with van der Waals surface area (Å²) in [7, 11) is 2.90. The van der Waals surface area contributed by atoms with E-state index >= 15 is 0 Å². The lowest BCUT2D eigenvalue weighted by Crippen LogP contribution is -2.21. The SMILES string of the molecule is COc1cc2ncc([N+](=O)[O-])c(N3CCC(c4ccc(C(F)(F)F)cc4F)C3)c2cc1OC. The van der Waals surface area contributed by atoms with E-state index in [1.165, 1.54) is 14.2 Å². The molecule has 1 fully saturated rings. The Morgan fingerprint density at radius 2 is 1.85 bits per heavy atom. The first kappa shape index (κ1) is 22.6. The molecule has 33 heavy (non-hydrogen) atoms. The molecule has 0 aliphatic carbocycles. The lowest BCUT2D eigenvalue weighted by Gasteiger charge is -2.21. The first-order chi connectivity index (χ1) is 15.6. The van der Waals surface area contributed by atoms with Crippen LogP contribution in [0.1, 0.15) is 23.5 Å². The van der Waals surface area contributed by atoms with Gasteiger partial charge in [-0.05, 0) is 30.2 Å². The maximum Gasteiger partial charge on any atom is 0.416 e. The topological polar surface area (TPSA) is 77.7 Å². The van der Waals surface area contributed by atoms with Crippen LogP contribution < -0.4 is 14.4 Å². The predicted molar refractivity (Wildman–Crippen MR) is 112 cm³/mol. The Bertz CT molecular complexity index is 1230. The van der Waals surface area contributed by atoms with E-state index in [2.05, 4.69) is 4.98 Å². The van der Waals surface area contributed by atoms with Crippen molar-refractivity contribution >= 4 is 22.3 Å². The average Bonchev–Trinajstić information content (AvgIpc) is 3.25. The fraction of sp³-hybridized carbons (Fsp3) is 0.318. The number of nitrogens with zero attached hydrogens (tertiary/aromatic N) is 3. The van der Waals surface area contributed by atoms with Crippen molar-refractivity contribution in [3.05, 3.63) is 63.6 Å². The molecule has 1 unspecified atom stereocenters. The van der Waals surface area contributed by atoms with Crippen LogP contribution in [0.5, 0.6) is 11.5 Å². The molecule has 1 atom stereocenters. The van der Waals surface area contributed by atoms with Crippen molar-refractivity contribution in [2.75, 3.05) is 32.2 Å². The third-order valence-electron chi connectivity index (χ3n) is 5.79. The molecule has 0 radical (unpaired) electrons. The molecule has 0 amide bonds. The fourth-order valence-corrected chi connectivity index (χ4v) is 4.21. The first-order valence-electron chi connectivity index (χ1n) is 9.94. The number of hydrogen-bond acceptors (Lipinski definition) is 6. The zero-order valence-corrected chi connectivity index (χ0v) is 17.6. The number of pyridine rings is 1. The van der Waals surface area contributed by atoms with Crippen molar-refractivity contribution in [2.45, 2.75) is 18.5 Å². The highest BCUT2D eigenvalue weighted by Gasteiger charge is 2.35. The standard InChI is InChI=1S/C22H19F4N3O4/c1-32-19-8-15-17(9-20(19)33-2)27-10-18(29(30)31)21(15)28-6-5-12(11-28)14-4-3-13(7-16(14)23)22(24,25)26/h3-4,7-10,12H,5-6,11H2,1-2H3. The Kier molecular flexibility index (Phi) is 5.73. The van der Waals surface area contributed by atoms with Gasteiger partial charge in [-0.3, -0.25) is 10.1 Å². The van der Waals surface area contributed by atoms with E-state index in [0.29, 0.717) is 47.1 Å². The van der Waals surface area contributed by atoms with E-state index in [-0.39, 0.29) is 17.8 Å². The summed E-state index contributed by atoms with van der Waals surface area (Å²) in [5.41, 5.74) is -0.414. The summed E-state index contributed by atoms with van der Waals surface area (Å²) in [4.78, 5) is 17.1. The number of anilines is 1. The van der Waals surface area contributed by atoms with Gasteiger partial charge in [0.1, 0.15) is 17.7 Å². The molecule has 0 bridgehead atoms. The van der Waals surface area contributed by atoms with Crippen LogP contribution in [0, 0.1) is 15.9 Å². The average molecular weight is 465 g/mol. The summed E-state index contributed by atoms with van der Waals surface area (Å²) < 4.78 is 63.8. The van der Waals surface area contributed by atoms with Gasteiger partial charge in [-0.15, -0.1) is 0 Å². The van der Waals surface area contributed by atoms with E-state index < -0.39 is 28.4 Å². The number of methoxy groups -OCH3 is 2. The minimum atomic E-state index is -4.64. The van der Waals surface area contributed by atoms with Crippen LogP contribution in [0.3, 0.4) is 0 Å². The third-order valence-corrected chi connectivity index (χ3v) is 5.79. The van der Waals surface area contributed by atoms with Crippen molar-refractivity contribution in [3.8, 4) is 11.5 Å². The highest BCUT2D eigenvalue weighted by Crippen LogP contribution is 2.43. The number of benzene rings is 2. The second kappa shape index (κ2) is 8.38. The quantitative estimate of drug-likeness (QED) is 0.289. The zero-order chi connectivity index (χ0) is 23.9. The molecule has 1 aliphatic heterocycles. The van der Waals surface area contributed by atoms with E-state index in [0.717, 1.165) is 18.3 Å². The van der Waals surface area contributed by atoms with Crippen molar-refractivity contribution in [2.24, 2.45) is 0 Å². The second-order valence-electron chi connectivity index (χ2n) is 7.64. The molecule has 11 heteroatoms. The molecule has 0 N–H and O–H groups in total. The van der Waals surface area contributed by atoms with Crippen LogP contribution in [0.4, 0.5) is 28.9 Å². The van der Waals surface area contributed by atoms with Crippen LogP contribution in [0.25, 0.3) is 10.9 Å². The minimum absolute atomic E-state index is 0.144. The number of rotatable bonds is 5. The van der Waals surface area contributed by atoms with Crippen molar-refractivity contribution in [1.29, 1.82) is 0 Å². The number of fused-ring (bicyclic) bond motifs is 1. The largest absolute Gasteiger partial charge is 0.493 e. The van der Waals surface area contributed by atoms with E-state index in [1.54, 1.807) is 17.0 Å². The first-order valence-corrected chi connectivity index (χ1v) is 9.94. The van der Waals surface area contributed by atoms with Gasteiger partial charge in [0, 0.05) is 30.5 Å². The van der Waals surface area contributed by atoms with Crippen molar-refractivity contribution in [1.82, 2.24) is 4.98 Å². The molecule has 174 valence electrons. The molecule has 1 saturated heterocycles. The van der Waals surface area contributed by atoms with Crippen LogP contribution in [0.15, 0.2) is 36.5 Å². The monoisotopic (exact) mass is 465 g/mol. The molecule has 2 aromatic carbocycles. The fourth-order valence-electron chi connectivity index (χ4n) is 4.21. The summed E-state index contributed by atoms with van der Waals surface area (Å²) >= 11 is 0. The molecule has 1 aromatic heterocycles. The molecule has 1 aliphatic rings. The van der Waals surface area contributed by atoms with Crippen LogP contribution in [-0.4, -0.2) is 37.2 Å². The maximum absolute atomic E-state index is 14.5. The van der Waals surface area contributed by atoms with E-state index in [4.69, 9.17) is 9.47 Å². The molecule has 3 aromatic rings. The normalized spacial score (nSPS) is 16.3. The van der Waals surface area contributed by atoms with E-state index in [9.17, 15) is 27.7 Å². The Morgan fingerprint density at radius 3 is 2.45 bits per heavy atom. The van der Waals surface area contributed by atoms with Crippen LogP contribution >= 0.6 is 0 Å². The Balaban J connectivity index is 1.75. The van der Waals surface area contributed by atoms with Crippen molar-refractivity contribution < 1.29 is 32.0 Å². The third kappa shape index (κ3) is 4.10. The van der Waals surface area contributed by atoms with Gasteiger partial charge in [-0.1, -0.05) is 6.07 Å². The summed E-state index contributed by atoms with van der Waals surface area (Å²) in [6, 6.07) is 5.67. The molecule has 0 saturated carbocycles. The molecular weight excluding hydrogens is 446 g/mol. The van der Waals surface area contributed by atoms with Gasteiger partial charge in [0.05, 0.1) is 30.2 Å². The van der Waals surface area contributed by atoms with Crippen molar-refractivity contribution in [3.63, 3.8) is 0 Å². The highest BCUT2D eigenvalue weighted by atomic mass is 19.4.